The molecule has 2 aliphatic rings. The maximum absolute atomic E-state index is 13.1. The van der Waals surface area contributed by atoms with Gasteiger partial charge in [0.2, 0.25) is 0 Å². The molecule has 1 aliphatic carbocycles. The lowest BCUT2D eigenvalue weighted by Crippen LogP contribution is -2.58. The summed E-state index contributed by atoms with van der Waals surface area (Å²) < 4.78 is 47.3. The van der Waals surface area contributed by atoms with Gasteiger partial charge in [0.25, 0.3) is 5.91 Å². The zero-order valence-corrected chi connectivity index (χ0v) is 17.9. The van der Waals surface area contributed by atoms with E-state index in [1.54, 1.807) is 30.6 Å². The minimum Gasteiger partial charge on any atom is -0.444 e. The van der Waals surface area contributed by atoms with E-state index in [0.717, 1.165) is 25.0 Å². The number of amides is 2. The fraction of sp³-hybridized carbons (Fsp3) is 0.579. The zero-order chi connectivity index (χ0) is 21.6. The van der Waals surface area contributed by atoms with Crippen LogP contribution in [0.4, 0.5) is 18.0 Å². The van der Waals surface area contributed by atoms with Gasteiger partial charge in [0.1, 0.15) is 11.4 Å². The predicted octanol–water partition coefficient (Wildman–Crippen LogP) is 4.57. The molecule has 0 aromatic heterocycles. The molecule has 0 bridgehead atoms. The number of alkyl halides is 3. The number of carbonyl (C=O) groups excluding carboxylic acids is 2. The van der Waals surface area contributed by atoms with Crippen molar-refractivity contribution in [1.29, 1.82) is 0 Å². The van der Waals surface area contributed by atoms with E-state index < -0.39 is 29.3 Å². The van der Waals surface area contributed by atoms with Crippen LogP contribution in [0.5, 0.6) is 5.75 Å². The van der Waals surface area contributed by atoms with Crippen LogP contribution in [-0.2, 0) is 4.74 Å². The zero-order valence-electron chi connectivity index (χ0n) is 16.3. The second-order valence-electron chi connectivity index (χ2n) is 8.31. The molecule has 29 heavy (non-hydrogen) atoms. The van der Waals surface area contributed by atoms with Gasteiger partial charge in [-0.1, -0.05) is 15.9 Å². The Bertz CT molecular complexity index is 819. The molecule has 1 saturated carbocycles. The quantitative estimate of drug-likeness (QED) is 0.624. The summed E-state index contributed by atoms with van der Waals surface area (Å²) in [5.41, 5.74) is -1.03. The lowest BCUT2D eigenvalue weighted by atomic mass is 10.1. The first-order chi connectivity index (χ1) is 13.3. The van der Waals surface area contributed by atoms with Crippen LogP contribution in [0.15, 0.2) is 22.7 Å². The van der Waals surface area contributed by atoms with Crippen LogP contribution in [-0.4, -0.2) is 58.9 Å². The van der Waals surface area contributed by atoms with E-state index in [2.05, 4.69) is 20.7 Å². The Hall–Kier alpha value is -1.97. The molecule has 10 heteroatoms. The maximum atomic E-state index is 13.1. The number of benzene rings is 1. The van der Waals surface area contributed by atoms with Crippen LogP contribution in [0.3, 0.4) is 0 Å². The van der Waals surface area contributed by atoms with Crippen molar-refractivity contribution in [3.05, 3.63) is 28.2 Å². The van der Waals surface area contributed by atoms with E-state index in [9.17, 15) is 22.8 Å². The first-order valence-corrected chi connectivity index (χ1v) is 9.94. The molecule has 6 nitrogen and oxygen atoms in total. The fourth-order valence-electron chi connectivity index (χ4n) is 3.38. The SMILES string of the molecule is CC(C)(C)OC(=O)N1CCN(C(=O)c2cc(Br)cc(OC(F)(F)F)c2)C2(CC2)C1. The molecule has 0 atom stereocenters. The number of hydrogen-bond acceptors (Lipinski definition) is 4. The lowest BCUT2D eigenvalue weighted by molar-refractivity contribution is -0.274. The summed E-state index contributed by atoms with van der Waals surface area (Å²) in [5.74, 6) is -0.855. The Morgan fingerprint density at radius 3 is 2.31 bits per heavy atom. The van der Waals surface area contributed by atoms with Gasteiger partial charge in [-0.3, -0.25) is 4.79 Å². The van der Waals surface area contributed by atoms with Gasteiger partial charge in [0.05, 0.1) is 5.54 Å². The van der Waals surface area contributed by atoms with E-state index in [4.69, 9.17) is 4.74 Å². The molecule has 1 spiro atoms. The largest absolute Gasteiger partial charge is 0.573 e. The Morgan fingerprint density at radius 1 is 1.10 bits per heavy atom. The van der Waals surface area contributed by atoms with Crippen LogP contribution < -0.4 is 4.74 Å². The average Bonchev–Trinajstić information content (AvgIpc) is 3.30. The first-order valence-electron chi connectivity index (χ1n) is 9.14. The fourth-order valence-corrected chi connectivity index (χ4v) is 3.86. The van der Waals surface area contributed by atoms with Crippen LogP contribution in [0.25, 0.3) is 0 Å². The second kappa shape index (κ2) is 7.37. The Balaban J connectivity index is 1.75. The summed E-state index contributed by atoms with van der Waals surface area (Å²) in [6.07, 6.45) is -3.84. The molecule has 2 fully saturated rings. The summed E-state index contributed by atoms with van der Waals surface area (Å²) in [7, 11) is 0. The van der Waals surface area contributed by atoms with Crippen molar-refractivity contribution < 1.29 is 32.2 Å². The van der Waals surface area contributed by atoms with Gasteiger partial charge in [-0.2, -0.15) is 0 Å². The second-order valence-corrected chi connectivity index (χ2v) is 9.22. The number of carbonyl (C=O) groups is 2. The van der Waals surface area contributed by atoms with Crippen molar-refractivity contribution in [3.8, 4) is 5.75 Å². The molecule has 0 N–H and O–H groups in total. The van der Waals surface area contributed by atoms with Crippen molar-refractivity contribution in [2.75, 3.05) is 19.6 Å². The highest BCUT2D eigenvalue weighted by atomic mass is 79.9. The Kier molecular flexibility index (Phi) is 5.53. The van der Waals surface area contributed by atoms with Crippen LogP contribution in [0, 0.1) is 0 Å². The van der Waals surface area contributed by atoms with Crippen LogP contribution in [0.1, 0.15) is 44.0 Å². The highest BCUT2D eigenvalue weighted by molar-refractivity contribution is 9.10. The standard InChI is InChI=1S/C19H22BrF3N2O4/c1-17(2,3)29-16(27)24-6-7-25(18(11-24)4-5-18)15(26)12-8-13(20)10-14(9-12)28-19(21,22)23/h8-10H,4-7,11H2,1-3H3. The van der Waals surface area contributed by atoms with Crippen molar-refractivity contribution in [3.63, 3.8) is 0 Å². The summed E-state index contributed by atoms with van der Waals surface area (Å²) in [4.78, 5) is 28.7. The van der Waals surface area contributed by atoms with Crippen molar-refractivity contribution in [2.45, 2.75) is 51.1 Å². The summed E-state index contributed by atoms with van der Waals surface area (Å²) in [5, 5.41) is 0. The summed E-state index contributed by atoms with van der Waals surface area (Å²) in [6.45, 7) is 6.26. The van der Waals surface area contributed by atoms with E-state index in [0.29, 0.717) is 17.6 Å². The molecule has 3 rings (SSSR count). The van der Waals surface area contributed by atoms with Gasteiger partial charge < -0.3 is 19.3 Å². The van der Waals surface area contributed by atoms with Gasteiger partial charge in [-0.05, 0) is 51.8 Å². The van der Waals surface area contributed by atoms with E-state index in [1.807, 2.05) is 0 Å². The monoisotopic (exact) mass is 478 g/mol. The number of hydrogen-bond donors (Lipinski definition) is 0. The molecule has 0 unspecified atom stereocenters. The van der Waals surface area contributed by atoms with Gasteiger partial charge in [0, 0.05) is 29.7 Å². The van der Waals surface area contributed by atoms with Gasteiger partial charge >= 0.3 is 12.5 Å². The molecular weight excluding hydrogens is 457 g/mol. The number of rotatable bonds is 2. The van der Waals surface area contributed by atoms with Gasteiger partial charge in [0.15, 0.2) is 0 Å². The minimum atomic E-state index is -4.85. The average molecular weight is 479 g/mol. The van der Waals surface area contributed by atoms with Gasteiger partial charge in [-0.25, -0.2) is 4.79 Å². The minimum absolute atomic E-state index is 0.0932. The molecule has 1 aromatic rings. The van der Waals surface area contributed by atoms with Crippen LogP contribution in [0.2, 0.25) is 0 Å². The number of piperazine rings is 1. The van der Waals surface area contributed by atoms with Crippen LogP contribution >= 0.6 is 15.9 Å². The number of ether oxygens (including phenoxy) is 2. The van der Waals surface area contributed by atoms with Crippen molar-refractivity contribution in [1.82, 2.24) is 9.80 Å². The predicted molar refractivity (Wildman–Crippen MR) is 102 cm³/mol. The molecule has 2 amide bonds. The molecule has 1 aliphatic heterocycles. The highest BCUT2D eigenvalue weighted by Gasteiger charge is 2.54. The van der Waals surface area contributed by atoms with E-state index >= 15 is 0 Å². The van der Waals surface area contributed by atoms with Crippen molar-refractivity contribution >= 4 is 27.9 Å². The number of halogens is 4. The first kappa shape index (κ1) is 21.7. The summed E-state index contributed by atoms with van der Waals surface area (Å²) in [6, 6.07) is 3.69. The molecule has 1 aromatic carbocycles. The normalized spacial score (nSPS) is 18.6. The third-order valence-electron chi connectivity index (χ3n) is 4.73. The highest BCUT2D eigenvalue weighted by Crippen LogP contribution is 2.45. The maximum Gasteiger partial charge on any atom is 0.573 e. The third kappa shape index (κ3) is 5.34. The summed E-state index contributed by atoms with van der Waals surface area (Å²) >= 11 is 3.13. The smallest absolute Gasteiger partial charge is 0.444 e. The Morgan fingerprint density at radius 2 is 1.76 bits per heavy atom. The van der Waals surface area contributed by atoms with Gasteiger partial charge in [-0.15, -0.1) is 13.2 Å². The van der Waals surface area contributed by atoms with Crippen molar-refractivity contribution in [2.24, 2.45) is 0 Å². The molecule has 160 valence electrons. The van der Waals surface area contributed by atoms with E-state index in [-0.39, 0.29) is 18.0 Å². The Labute approximate surface area is 175 Å². The number of nitrogens with zero attached hydrogens (tertiary/aromatic N) is 2. The molecule has 1 saturated heterocycles. The molecule has 0 radical (unpaired) electrons. The lowest BCUT2D eigenvalue weighted by Gasteiger charge is -2.42. The van der Waals surface area contributed by atoms with E-state index in [1.165, 1.54) is 6.07 Å². The topological polar surface area (TPSA) is 59.1 Å². The molecule has 1 heterocycles. The third-order valence-corrected chi connectivity index (χ3v) is 5.18. The molecular formula is C19H22BrF3N2O4.